The zero-order valence-electron chi connectivity index (χ0n) is 21.6. The molecule has 1 aliphatic rings. The Kier molecular flexibility index (Phi) is 11.1. The Morgan fingerprint density at radius 2 is 1.33 bits per heavy atom. The van der Waals surface area contributed by atoms with Crippen LogP contribution in [0.25, 0.3) is 0 Å². The van der Waals surface area contributed by atoms with Gasteiger partial charge in [0.2, 0.25) is 10.0 Å². The van der Waals surface area contributed by atoms with Gasteiger partial charge in [-0.05, 0) is 33.0 Å². The monoisotopic (exact) mass is 617 g/mol. The number of anilines is 1. The molecule has 0 aromatic heterocycles. The average Bonchev–Trinajstić information content (AvgIpc) is 2.77. The van der Waals surface area contributed by atoms with Crippen LogP contribution in [-0.4, -0.2) is 116 Å². The number of hydrogen-bond donors (Lipinski definition) is 0. The van der Waals surface area contributed by atoms with E-state index < -0.39 is 88.4 Å². The third-order valence-corrected chi connectivity index (χ3v) is 8.69. The fourth-order valence-corrected chi connectivity index (χ4v) is 6.43. The van der Waals surface area contributed by atoms with Gasteiger partial charge in [0.1, 0.15) is 10.6 Å². The molecular formula is C19H31N5O12S3. The Balaban J connectivity index is 2.72. The maximum atomic E-state index is 13.9. The zero-order valence-corrected chi connectivity index (χ0v) is 24.0. The minimum atomic E-state index is -4.57. The zero-order chi connectivity index (χ0) is 29.6. The maximum Gasteiger partial charge on any atom is 0.300 e. The van der Waals surface area contributed by atoms with Gasteiger partial charge in [-0.1, -0.05) is 0 Å². The first-order valence-corrected chi connectivity index (χ1v) is 16.6. The highest BCUT2D eigenvalue weighted by molar-refractivity contribution is 7.89. The van der Waals surface area contributed by atoms with Crippen molar-refractivity contribution in [2.45, 2.75) is 17.7 Å². The van der Waals surface area contributed by atoms with E-state index in [-0.39, 0.29) is 13.1 Å². The van der Waals surface area contributed by atoms with Gasteiger partial charge < -0.3 is 9.80 Å². The molecule has 0 amide bonds. The second-order valence-electron chi connectivity index (χ2n) is 8.78. The van der Waals surface area contributed by atoms with Crippen molar-refractivity contribution in [1.82, 2.24) is 9.21 Å². The van der Waals surface area contributed by atoms with Crippen molar-refractivity contribution in [3.63, 3.8) is 0 Å². The lowest BCUT2D eigenvalue weighted by Crippen LogP contribution is -2.40. The van der Waals surface area contributed by atoms with Crippen LogP contribution in [0.2, 0.25) is 0 Å². The van der Waals surface area contributed by atoms with Gasteiger partial charge in [-0.2, -0.15) is 21.1 Å². The van der Waals surface area contributed by atoms with Crippen LogP contribution in [0.5, 0.6) is 0 Å². The number of sulfonamides is 1. The fourth-order valence-electron chi connectivity index (χ4n) is 3.91. The van der Waals surface area contributed by atoms with Gasteiger partial charge in [-0.25, -0.2) is 8.42 Å². The molecule has 1 heterocycles. The maximum absolute atomic E-state index is 13.9. The number of non-ortho nitro benzene ring substituents is 1. The highest BCUT2D eigenvalue weighted by Crippen LogP contribution is 2.40. The normalized spacial score (nSPS) is 16.4. The van der Waals surface area contributed by atoms with E-state index >= 15 is 0 Å². The number of benzene rings is 1. The van der Waals surface area contributed by atoms with E-state index in [4.69, 9.17) is 8.37 Å². The molecule has 0 unspecified atom stereocenters. The number of rotatable bonds is 13. The molecule has 0 N–H and O–H groups in total. The molecule has 39 heavy (non-hydrogen) atoms. The van der Waals surface area contributed by atoms with E-state index in [0.717, 1.165) is 21.7 Å². The number of nitro benzene ring substituents is 2. The smallest absolute Gasteiger partial charge is 0.300 e. The van der Waals surface area contributed by atoms with Crippen molar-refractivity contribution in [1.29, 1.82) is 0 Å². The lowest BCUT2D eigenvalue weighted by molar-refractivity contribution is -0.394. The van der Waals surface area contributed by atoms with E-state index in [2.05, 4.69) is 0 Å². The molecule has 0 saturated carbocycles. The van der Waals surface area contributed by atoms with Crippen molar-refractivity contribution in [2.75, 3.05) is 76.9 Å². The summed E-state index contributed by atoms with van der Waals surface area (Å²) >= 11 is 0. The molecule has 0 aliphatic carbocycles. The van der Waals surface area contributed by atoms with Gasteiger partial charge in [0.15, 0.2) is 0 Å². The first-order valence-electron chi connectivity index (χ1n) is 11.5. The van der Waals surface area contributed by atoms with E-state index in [1.807, 2.05) is 11.9 Å². The van der Waals surface area contributed by atoms with Crippen molar-refractivity contribution in [2.24, 2.45) is 0 Å². The van der Waals surface area contributed by atoms with Gasteiger partial charge in [-0.15, -0.1) is 0 Å². The average molecular weight is 618 g/mol. The summed E-state index contributed by atoms with van der Waals surface area (Å²) < 4.78 is 84.1. The first-order chi connectivity index (χ1) is 17.9. The summed E-state index contributed by atoms with van der Waals surface area (Å²) in [5.74, 6) is 0. The van der Waals surface area contributed by atoms with E-state index in [1.165, 1.54) is 0 Å². The largest absolute Gasteiger partial charge is 0.360 e. The summed E-state index contributed by atoms with van der Waals surface area (Å²) in [4.78, 5) is 23.9. The van der Waals surface area contributed by atoms with Gasteiger partial charge in [0.05, 0.1) is 41.6 Å². The summed E-state index contributed by atoms with van der Waals surface area (Å²) in [6.45, 7) is -0.896. The number of hydrogen-bond acceptors (Lipinski definition) is 14. The first kappa shape index (κ1) is 32.7. The Labute approximate surface area is 226 Å². The molecule has 1 aliphatic heterocycles. The van der Waals surface area contributed by atoms with E-state index in [9.17, 15) is 45.5 Å². The van der Waals surface area contributed by atoms with Crippen molar-refractivity contribution >= 4 is 47.3 Å². The molecule has 0 atom stereocenters. The van der Waals surface area contributed by atoms with Crippen LogP contribution in [0.4, 0.5) is 17.1 Å². The summed E-state index contributed by atoms with van der Waals surface area (Å²) in [7, 11) is -10.6. The standard InChI is InChI=1S/C19H31N5O12S3/c1-20-6-4-8-22(9-5-7-20)39(33,34)18-15-16(23(25)26)14-17(24(27)28)19(18)21(10-12-35-37(2,29)30)11-13-36-38(3,31)32/h14-15H,4-13H2,1-3H3. The Hall–Kier alpha value is -2.49. The van der Waals surface area contributed by atoms with E-state index in [0.29, 0.717) is 38.1 Å². The van der Waals surface area contributed by atoms with Crippen molar-refractivity contribution in [3.05, 3.63) is 32.4 Å². The van der Waals surface area contributed by atoms with Crippen LogP contribution in [-0.2, 0) is 38.6 Å². The quantitative estimate of drug-likeness (QED) is 0.161. The molecular weight excluding hydrogens is 586 g/mol. The molecule has 0 radical (unpaired) electrons. The molecule has 0 bridgehead atoms. The Morgan fingerprint density at radius 3 is 1.74 bits per heavy atom. The molecule has 0 spiro atoms. The molecule has 1 aromatic carbocycles. The molecule has 1 aromatic rings. The van der Waals surface area contributed by atoms with Gasteiger partial charge in [0, 0.05) is 32.2 Å². The second kappa shape index (κ2) is 13.2. The minimum absolute atomic E-state index is 0.0387. The summed E-state index contributed by atoms with van der Waals surface area (Å²) in [5, 5.41) is 23.6. The van der Waals surface area contributed by atoms with E-state index in [1.54, 1.807) is 0 Å². The fraction of sp³-hybridized carbons (Fsp3) is 0.684. The van der Waals surface area contributed by atoms with Crippen molar-refractivity contribution in [3.8, 4) is 0 Å². The van der Waals surface area contributed by atoms with Crippen molar-refractivity contribution < 1.29 is 43.5 Å². The predicted octanol–water partition coefficient (Wildman–Crippen LogP) is -0.0219. The van der Waals surface area contributed by atoms with Gasteiger partial charge >= 0.3 is 5.69 Å². The number of nitro groups is 2. The highest BCUT2D eigenvalue weighted by atomic mass is 32.2. The summed E-state index contributed by atoms with van der Waals surface area (Å²) in [6, 6.07) is 1.28. The van der Waals surface area contributed by atoms with Crippen LogP contribution < -0.4 is 4.90 Å². The molecule has 2 rings (SSSR count). The van der Waals surface area contributed by atoms with Gasteiger partial charge in [-0.3, -0.25) is 28.6 Å². The van der Waals surface area contributed by atoms with Crippen LogP contribution in [0.15, 0.2) is 17.0 Å². The van der Waals surface area contributed by atoms with Gasteiger partial charge in [0.25, 0.3) is 25.9 Å². The Bertz CT molecular complexity index is 1330. The molecule has 1 fully saturated rings. The lowest BCUT2D eigenvalue weighted by atomic mass is 10.2. The summed E-state index contributed by atoms with van der Waals surface area (Å²) in [6.07, 6.45) is 2.37. The predicted molar refractivity (Wildman–Crippen MR) is 139 cm³/mol. The van der Waals surface area contributed by atoms with Crippen LogP contribution in [0.3, 0.4) is 0 Å². The minimum Gasteiger partial charge on any atom is -0.360 e. The third-order valence-electron chi connectivity index (χ3n) is 5.59. The highest BCUT2D eigenvalue weighted by Gasteiger charge is 2.37. The third kappa shape index (κ3) is 9.89. The molecule has 17 nitrogen and oxygen atoms in total. The lowest BCUT2D eigenvalue weighted by Gasteiger charge is -2.30. The molecule has 1 saturated heterocycles. The second-order valence-corrected chi connectivity index (χ2v) is 14.0. The molecule has 222 valence electrons. The summed E-state index contributed by atoms with van der Waals surface area (Å²) in [5.41, 5.74) is -2.39. The molecule has 20 heteroatoms. The Morgan fingerprint density at radius 1 is 0.846 bits per heavy atom. The van der Waals surface area contributed by atoms with Crippen LogP contribution in [0.1, 0.15) is 12.8 Å². The van der Waals surface area contributed by atoms with Crippen LogP contribution in [0, 0.1) is 20.2 Å². The van der Waals surface area contributed by atoms with Crippen LogP contribution >= 0.6 is 0 Å². The SMILES string of the molecule is CN1CCCN(S(=O)(=O)c2cc([N+](=O)[O-])cc([N+](=O)[O-])c2N(CCOS(C)(=O)=O)CCOS(C)(=O)=O)CCC1. The topological polar surface area (TPSA) is 217 Å². The number of nitrogens with zero attached hydrogens (tertiary/aromatic N) is 5.